The molecule has 0 aliphatic rings. The molecule has 4 heteroatoms. The van der Waals surface area contributed by atoms with Gasteiger partial charge in [-0.15, -0.1) is 0 Å². The number of nitrogens with zero attached hydrogens (tertiary/aromatic N) is 2. The van der Waals surface area contributed by atoms with Crippen molar-refractivity contribution in [1.82, 2.24) is 9.97 Å². The van der Waals surface area contributed by atoms with Crippen LogP contribution < -0.4 is 10.5 Å². The maximum Gasteiger partial charge on any atom is 0.161 e. The topological polar surface area (TPSA) is 61.0 Å². The molecule has 0 amide bonds. The van der Waals surface area contributed by atoms with Gasteiger partial charge in [-0.2, -0.15) is 0 Å². The summed E-state index contributed by atoms with van der Waals surface area (Å²) in [5, 5.41) is 0. The summed E-state index contributed by atoms with van der Waals surface area (Å²) in [7, 11) is 1.65. The van der Waals surface area contributed by atoms with Crippen LogP contribution in [0.25, 0.3) is 11.4 Å². The summed E-state index contributed by atoms with van der Waals surface area (Å²) in [5.41, 5.74) is 7.78. The molecule has 2 N–H and O–H groups in total. The van der Waals surface area contributed by atoms with E-state index < -0.39 is 0 Å². The Morgan fingerprint density at radius 3 is 2.42 bits per heavy atom. The van der Waals surface area contributed by atoms with Crippen molar-refractivity contribution in [2.75, 3.05) is 12.8 Å². The van der Waals surface area contributed by atoms with Gasteiger partial charge in [0, 0.05) is 17.3 Å². The third-order valence-corrected chi connectivity index (χ3v) is 2.76. The molecule has 1 aromatic heterocycles. The molecule has 19 heavy (non-hydrogen) atoms. The van der Waals surface area contributed by atoms with E-state index in [0.717, 1.165) is 23.4 Å². The zero-order valence-corrected chi connectivity index (χ0v) is 11.6. The van der Waals surface area contributed by atoms with Gasteiger partial charge in [0.05, 0.1) is 7.11 Å². The summed E-state index contributed by atoms with van der Waals surface area (Å²) in [5.74, 6) is 2.53. The van der Waals surface area contributed by atoms with E-state index in [1.165, 1.54) is 0 Å². The molecule has 0 bridgehead atoms. The van der Waals surface area contributed by atoms with Crippen molar-refractivity contribution in [2.45, 2.75) is 20.3 Å². The first-order valence-electron chi connectivity index (χ1n) is 6.36. The summed E-state index contributed by atoms with van der Waals surface area (Å²) in [6.45, 7) is 4.32. The number of hydrogen-bond donors (Lipinski definition) is 1. The average molecular weight is 257 g/mol. The monoisotopic (exact) mass is 257 g/mol. The number of methoxy groups -OCH3 is 1. The van der Waals surface area contributed by atoms with Crippen LogP contribution in [0.3, 0.4) is 0 Å². The van der Waals surface area contributed by atoms with Crippen LogP contribution in [-0.4, -0.2) is 17.1 Å². The van der Waals surface area contributed by atoms with E-state index in [4.69, 9.17) is 10.5 Å². The van der Waals surface area contributed by atoms with E-state index in [2.05, 4.69) is 23.8 Å². The lowest BCUT2D eigenvalue weighted by atomic mass is 10.1. The number of hydrogen-bond acceptors (Lipinski definition) is 4. The normalized spacial score (nSPS) is 10.7. The zero-order valence-electron chi connectivity index (χ0n) is 11.6. The summed E-state index contributed by atoms with van der Waals surface area (Å²) < 4.78 is 5.14. The van der Waals surface area contributed by atoms with Crippen LogP contribution >= 0.6 is 0 Å². The largest absolute Gasteiger partial charge is 0.497 e. The summed E-state index contributed by atoms with van der Waals surface area (Å²) in [6, 6.07) is 9.50. The number of ether oxygens (including phenoxy) is 1. The number of nitrogens with two attached hydrogens (primary N) is 1. The van der Waals surface area contributed by atoms with E-state index in [9.17, 15) is 0 Å². The Kier molecular flexibility index (Phi) is 4.00. The van der Waals surface area contributed by atoms with Crippen molar-refractivity contribution in [2.24, 2.45) is 5.92 Å². The van der Waals surface area contributed by atoms with E-state index in [1.54, 1.807) is 7.11 Å². The van der Waals surface area contributed by atoms with Crippen LogP contribution in [0.5, 0.6) is 5.75 Å². The maximum atomic E-state index is 5.85. The van der Waals surface area contributed by atoms with Crippen molar-refractivity contribution in [3.63, 3.8) is 0 Å². The molecule has 0 fully saturated rings. The minimum Gasteiger partial charge on any atom is -0.497 e. The standard InChI is InChI=1S/C15H19N3O/c1-10(2)8-12-9-14(16)18-15(17-12)11-4-6-13(19-3)7-5-11/h4-7,9-10H,8H2,1-3H3,(H2,16,17,18). The molecule has 2 rings (SSSR count). The maximum absolute atomic E-state index is 5.85. The molecule has 0 atom stereocenters. The Hall–Kier alpha value is -2.10. The third-order valence-electron chi connectivity index (χ3n) is 2.76. The molecule has 0 saturated heterocycles. The highest BCUT2D eigenvalue weighted by Gasteiger charge is 2.07. The van der Waals surface area contributed by atoms with E-state index in [0.29, 0.717) is 17.6 Å². The van der Waals surface area contributed by atoms with Gasteiger partial charge in [0.25, 0.3) is 0 Å². The summed E-state index contributed by atoms with van der Waals surface area (Å²) in [6.07, 6.45) is 0.899. The lowest BCUT2D eigenvalue weighted by molar-refractivity contribution is 0.415. The van der Waals surface area contributed by atoms with Gasteiger partial charge in [0.1, 0.15) is 11.6 Å². The second kappa shape index (κ2) is 5.69. The molecule has 0 radical (unpaired) electrons. The second-order valence-corrected chi connectivity index (χ2v) is 4.93. The molecule has 0 unspecified atom stereocenters. The zero-order chi connectivity index (χ0) is 13.8. The fourth-order valence-corrected chi connectivity index (χ4v) is 1.91. The first kappa shape index (κ1) is 13.3. The Bertz CT molecular complexity index is 550. The number of anilines is 1. The van der Waals surface area contributed by atoms with Crippen LogP contribution in [-0.2, 0) is 6.42 Å². The minimum absolute atomic E-state index is 0.511. The molecule has 0 aliphatic carbocycles. The predicted octanol–water partition coefficient (Wildman–Crippen LogP) is 2.93. The fourth-order valence-electron chi connectivity index (χ4n) is 1.91. The molecular formula is C15H19N3O. The van der Waals surface area contributed by atoms with Crippen molar-refractivity contribution in [1.29, 1.82) is 0 Å². The van der Waals surface area contributed by atoms with Gasteiger partial charge in [-0.05, 0) is 36.6 Å². The van der Waals surface area contributed by atoms with Crippen LogP contribution in [0.2, 0.25) is 0 Å². The SMILES string of the molecule is COc1ccc(-c2nc(N)cc(CC(C)C)n2)cc1. The van der Waals surface area contributed by atoms with Crippen LogP contribution in [0, 0.1) is 5.92 Å². The Labute approximate surface area is 113 Å². The highest BCUT2D eigenvalue weighted by atomic mass is 16.5. The van der Waals surface area contributed by atoms with Crippen LogP contribution in [0.4, 0.5) is 5.82 Å². The van der Waals surface area contributed by atoms with Gasteiger partial charge in [-0.25, -0.2) is 9.97 Å². The van der Waals surface area contributed by atoms with Gasteiger partial charge in [-0.3, -0.25) is 0 Å². The number of rotatable bonds is 4. The molecule has 0 spiro atoms. The first-order valence-corrected chi connectivity index (χ1v) is 6.36. The van der Waals surface area contributed by atoms with Crippen LogP contribution in [0.1, 0.15) is 19.5 Å². The van der Waals surface area contributed by atoms with Crippen LogP contribution in [0.15, 0.2) is 30.3 Å². The van der Waals surface area contributed by atoms with Gasteiger partial charge in [0.2, 0.25) is 0 Å². The molecule has 1 aromatic carbocycles. The van der Waals surface area contributed by atoms with Crippen molar-refractivity contribution in [3.8, 4) is 17.1 Å². The van der Waals surface area contributed by atoms with Gasteiger partial charge in [-0.1, -0.05) is 13.8 Å². The predicted molar refractivity (Wildman–Crippen MR) is 77.0 cm³/mol. The van der Waals surface area contributed by atoms with Crippen molar-refractivity contribution in [3.05, 3.63) is 36.0 Å². The minimum atomic E-state index is 0.511. The van der Waals surface area contributed by atoms with E-state index >= 15 is 0 Å². The van der Waals surface area contributed by atoms with Crippen molar-refractivity contribution >= 4 is 5.82 Å². The average Bonchev–Trinajstić information content (AvgIpc) is 2.37. The highest BCUT2D eigenvalue weighted by molar-refractivity contribution is 5.58. The van der Waals surface area contributed by atoms with Gasteiger partial charge < -0.3 is 10.5 Å². The quantitative estimate of drug-likeness (QED) is 0.914. The lowest BCUT2D eigenvalue weighted by Crippen LogP contribution is -2.03. The molecular weight excluding hydrogens is 238 g/mol. The Morgan fingerprint density at radius 2 is 1.84 bits per heavy atom. The number of benzene rings is 1. The molecule has 0 saturated carbocycles. The second-order valence-electron chi connectivity index (χ2n) is 4.93. The number of nitrogen functional groups attached to an aromatic ring is 1. The van der Waals surface area contributed by atoms with Gasteiger partial charge >= 0.3 is 0 Å². The summed E-state index contributed by atoms with van der Waals surface area (Å²) in [4.78, 5) is 8.86. The van der Waals surface area contributed by atoms with Crippen molar-refractivity contribution < 1.29 is 4.74 Å². The Balaban J connectivity index is 2.34. The highest BCUT2D eigenvalue weighted by Crippen LogP contribution is 2.21. The fraction of sp³-hybridized carbons (Fsp3) is 0.333. The molecule has 4 nitrogen and oxygen atoms in total. The molecule has 2 aromatic rings. The molecule has 1 heterocycles. The molecule has 100 valence electrons. The van der Waals surface area contributed by atoms with E-state index in [-0.39, 0.29) is 0 Å². The lowest BCUT2D eigenvalue weighted by Gasteiger charge is -2.08. The third kappa shape index (κ3) is 3.44. The first-order chi connectivity index (χ1) is 9.08. The van der Waals surface area contributed by atoms with E-state index in [1.807, 2.05) is 30.3 Å². The Morgan fingerprint density at radius 1 is 1.16 bits per heavy atom. The smallest absolute Gasteiger partial charge is 0.161 e. The summed E-state index contributed by atoms with van der Waals surface area (Å²) >= 11 is 0. The number of aromatic nitrogens is 2. The van der Waals surface area contributed by atoms with Gasteiger partial charge in [0.15, 0.2) is 5.82 Å². The molecule has 0 aliphatic heterocycles.